The van der Waals surface area contributed by atoms with Gasteiger partial charge in [0.1, 0.15) is 19.0 Å². The third kappa shape index (κ3) is 4.11. The number of piperidine rings is 1. The summed E-state index contributed by atoms with van der Waals surface area (Å²) in [6, 6.07) is 11.8. The van der Waals surface area contributed by atoms with E-state index in [-0.39, 0.29) is 25.0 Å². The average Bonchev–Trinajstić information content (AvgIpc) is 3.45. The summed E-state index contributed by atoms with van der Waals surface area (Å²) in [5, 5.41) is 3.93. The van der Waals surface area contributed by atoms with E-state index in [1.165, 1.54) is 0 Å². The van der Waals surface area contributed by atoms with Gasteiger partial charge in [-0.25, -0.2) is 4.98 Å². The maximum Gasteiger partial charge on any atom is 0.252 e. The summed E-state index contributed by atoms with van der Waals surface area (Å²) in [7, 11) is 2.04. The first kappa shape index (κ1) is 20.3. The number of carbonyl (C=O) groups excluding carboxylic acids is 1. The highest BCUT2D eigenvalue weighted by molar-refractivity contribution is 5.78. The minimum atomic E-state index is -0.0412. The molecule has 1 fully saturated rings. The minimum absolute atomic E-state index is 0.0279. The fraction of sp³-hybridized carbons (Fsp3) is 0.348. The number of aryl methyl sites for hydroxylation is 1. The number of rotatable bonds is 6. The Morgan fingerprint density at radius 1 is 1.22 bits per heavy atom. The molecule has 1 saturated heterocycles. The number of amides is 1. The maximum atomic E-state index is 12.7. The zero-order valence-electron chi connectivity index (χ0n) is 17.8. The quantitative estimate of drug-likeness (QED) is 0.462. The zero-order valence-corrected chi connectivity index (χ0v) is 17.8. The van der Waals surface area contributed by atoms with Gasteiger partial charge in [-0.15, -0.1) is 0 Å². The molecule has 0 radical (unpaired) electrons. The lowest BCUT2D eigenvalue weighted by Gasteiger charge is -2.32. The Hall–Kier alpha value is -3.59. The van der Waals surface area contributed by atoms with Crippen LogP contribution in [0.2, 0.25) is 0 Å². The molecule has 1 aliphatic rings. The van der Waals surface area contributed by atoms with Crippen LogP contribution in [0.3, 0.4) is 0 Å². The standard InChI is InChI=1S/C23H24N6O3/c1-28-19-9-3-2-8-18(19)25-23(28)17-7-5-11-29(13-17)21(30)15-31-14-20-26-22(27-32-20)16-6-4-10-24-12-16/h2-4,6,8-10,12,17H,5,7,11,13-15H2,1H3. The monoisotopic (exact) mass is 432 g/mol. The molecule has 5 rings (SSSR count). The van der Waals surface area contributed by atoms with E-state index < -0.39 is 0 Å². The minimum Gasteiger partial charge on any atom is -0.362 e. The lowest BCUT2D eigenvalue weighted by molar-refractivity contribution is -0.138. The molecule has 164 valence electrons. The number of fused-ring (bicyclic) bond motifs is 1. The molecule has 1 aromatic carbocycles. The molecule has 1 amide bonds. The lowest BCUT2D eigenvalue weighted by Crippen LogP contribution is -2.41. The second-order valence-corrected chi connectivity index (χ2v) is 7.94. The summed E-state index contributed by atoms with van der Waals surface area (Å²) in [6.07, 6.45) is 5.30. The van der Waals surface area contributed by atoms with E-state index in [0.717, 1.165) is 41.8 Å². The second kappa shape index (κ2) is 8.88. The van der Waals surface area contributed by atoms with Crippen molar-refractivity contribution < 1.29 is 14.1 Å². The molecule has 4 heterocycles. The predicted molar refractivity (Wildman–Crippen MR) is 116 cm³/mol. The molecule has 0 spiro atoms. The molecule has 3 aromatic heterocycles. The number of ether oxygens (including phenoxy) is 1. The zero-order chi connectivity index (χ0) is 21.9. The molecule has 0 aliphatic carbocycles. The normalized spacial score (nSPS) is 16.5. The van der Waals surface area contributed by atoms with Crippen LogP contribution < -0.4 is 0 Å². The van der Waals surface area contributed by atoms with Gasteiger partial charge in [0.05, 0.1) is 11.0 Å². The van der Waals surface area contributed by atoms with E-state index in [1.54, 1.807) is 18.5 Å². The number of nitrogens with zero attached hydrogens (tertiary/aromatic N) is 6. The first-order valence-corrected chi connectivity index (χ1v) is 10.7. The van der Waals surface area contributed by atoms with Crippen molar-refractivity contribution in [1.82, 2.24) is 29.6 Å². The molecule has 32 heavy (non-hydrogen) atoms. The van der Waals surface area contributed by atoms with Crippen molar-refractivity contribution in [1.29, 1.82) is 0 Å². The number of pyridine rings is 1. The van der Waals surface area contributed by atoms with Crippen LogP contribution in [0, 0.1) is 0 Å². The number of likely N-dealkylation sites (tertiary alicyclic amines) is 1. The van der Waals surface area contributed by atoms with Crippen molar-refractivity contribution in [2.24, 2.45) is 7.05 Å². The van der Waals surface area contributed by atoms with Crippen molar-refractivity contribution in [3.63, 3.8) is 0 Å². The number of carbonyl (C=O) groups is 1. The van der Waals surface area contributed by atoms with Gasteiger partial charge in [0.2, 0.25) is 11.7 Å². The molecule has 9 nitrogen and oxygen atoms in total. The van der Waals surface area contributed by atoms with Crippen molar-refractivity contribution >= 4 is 16.9 Å². The molecular weight excluding hydrogens is 408 g/mol. The van der Waals surface area contributed by atoms with Crippen LogP contribution in [-0.4, -0.2) is 55.2 Å². The molecule has 0 N–H and O–H groups in total. The Balaban J connectivity index is 1.17. The van der Waals surface area contributed by atoms with Gasteiger partial charge in [-0.05, 0) is 37.1 Å². The number of aromatic nitrogens is 5. The van der Waals surface area contributed by atoms with Crippen molar-refractivity contribution in [3.05, 3.63) is 60.5 Å². The van der Waals surface area contributed by atoms with Gasteiger partial charge in [-0.2, -0.15) is 4.98 Å². The third-order valence-electron chi connectivity index (χ3n) is 5.80. The van der Waals surface area contributed by atoms with E-state index in [0.29, 0.717) is 18.3 Å². The number of hydrogen-bond acceptors (Lipinski definition) is 7. The Morgan fingerprint density at radius 3 is 2.97 bits per heavy atom. The maximum absolute atomic E-state index is 12.7. The summed E-state index contributed by atoms with van der Waals surface area (Å²) in [5.74, 6) is 1.97. The SMILES string of the molecule is Cn1c(C2CCCN(C(=O)COCc3nc(-c4cccnc4)no3)C2)nc2ccccc21. The van der Waals surface area contributed by atoms with E-state index in [2.05, 4.69) is 25.8 Å². The van der Waals surface area contributed by atoms with Gasteiger partial charge in [-0.1, -0.05) is 17.3 Å². The molecule has 1 atom stereocenters. The Labute approximate surface area is 185 Å². The van der Waals surface area contributed by atoms with Crippen LogP contribution >= 0.6 is 0 Å². The largest absolute Gasteiger partial charge is 0.362 e. The van der Waals surface area contributed by atoms with Crippen LogP contribution in [0.15, 0.2) is 53.3 Å². The van der Waals surface area contributed by atoms with Crippen LogP contribution in [0.5, 0.6) is 0 Å². The van der Waals surface area contributed by atoms with Gasteiger partial charge >= 0.3 is 0 Å². The number of hydrogen-bond donors (Lipinski definition) is 0. The summed E-state index contributed by atoms with van der Waals surface area (Å²) in [4.78, 5) is 27.8. The van der Waals surface area contributed by atoms with E-state index in [4.69, 9.17) is 14.2 Å². The molecule has 0 saturated carbocycles. The summed E-state index contributed by atoms with van der Waals surface area (Å²) in [6.45, 7) is 1.43. The van der Waals surface area contributed by atoms with E-state index in [9.17, 15) is 4.79 Å². The van der Waals surface area contributed by atoms with E-state index in [1.807, 2.05) is 36.2 Å². The second-order valence-electron chi connectivity index (χ2n) is 7.94. The van der Waals surface area contributed by atoms with Crippen molar-refractivity contribution in [3.8, 4) is 11.4 Å². The first-order chi connectivity index (χ1) is 15.7. The highest BCUT2D eigenvalue weighted by atomic mass is 16.5. The van der Waals surface area contributed by atoms with E-state index >= 15 is 0 Å². The molecule has 9 heteroatoms. The number of imidazole rings is 1. The highest BCUT2D eigenvalue weighted by Crippen LogP contribution is 2.28. The Kier molecular flexibility index (Phi) is 5.64. The smallest absolute Gasteiger partial charge is 0.252 e. The van der Waals surface area contributed by atoms with Crippen LogP contribution in [-0.2, 0) is 23.2 Å². The fourth-order valence-electron chi connectivity index (χ4n) is 4.19. The first-order valence-electron chi connectivity index (χ1n) is 10.7. The summed E-state index contributed by atoms with van der Waals surface area (Å²) < 4.78 is 12.9. The molecule has 4 aromatic rings. The van der Waals surface area contributed by atoms with Crippen molar-refractivity contribution in [2.75, 3.05) is 19.7 Å². The number of para-hydroxylation sites is 2. The van der Waals surface area contributed by atoms with Crippen LogP contribution in [0.1, 0.15) is 30.5 Å². The number of benzene rings is 1. The van der Waals surface area contributed by atoms with Crippen LogP contribution in [0.4, 0.5) is 0 Å². The van der Waals surface area contributed by atoms with Gasteiger partial charge in [0.25, 0.3) is 5.89 Å². The third-order valence-corrected chi connectivity index (χ3v) is 5.80. The Bertz CT molecular complexity index is 1220. The summed E-state index contributed by atoms with van der Waals surface area (Å²) in [5.41, 5.74) is 2.86. The lowest BCUT2D eigenvalue weighted by atomic mass is 9.97. The topological polar surface area (TPSA) is 99.2 Å². The fourth-order valence-corrected chi connectivity index (χ4v) is 4.19. The van der Waals surface area contributed by atoms with Crippen molar-refractivity contribution in [2.45, 2.75) is 25.4 Å². The Morgan fingerprint density at radius 2 is 2.12 bits per heavy atom. The highest BCUT2D eigenvalue weighted by Gasteiger charge is 2.28. The predicted octanol–water partition coefficient (Wildman–Crippen LogP) is 2.94. The summed E-state index contributed by atoms with van der Waals surface area (Å²) >= 11 is 0. The van der Waals surface area contributed by atoms with Gasteiger partial charge < -0.3 is 18.7 Å². The van der Waals surface area contributed by atoms with Gasteiger partial charge in [-0.3, -0.25) is 9.78 Å². The van der Waals surface area contributed by atoms with Crippen LogP contribution in [0.25, 0.3) is 22.4 Å². The van der Waals surface area contributed by atoms with Gasteiger partial charge in [0.15, 0.2) is 0 Å². The molecule has 1 aliphatic heterocycles. The molecule has 1 unspecified atom stereocenters. The van der Waals surface area contributed by atoms with Gasteiger partial charge in [0, 0.05) is 44.0 Å². The molecular formula is C23H24N6O3. The molecule has 0 bridgehead atoms. The average molecular weight is 432 g/mol.